The van der Waals surface area contributed by atoms with Gasteiger partial charge in [0.2, 0.25) is 0 Å². The molecular weight excluding hydrogens is 352 g/mol. The molecule has 0 aliphatic heterocycles. The Balaban J connectivity index is 2.33. The number of hydrogen-bond donors (Lipinski definition) is 1. The molecule has 1 aromatic heterocycles. The molecule has 2 aromatic rings. The summed E-state index contributed by atoms with van der Waals surface area (Å²) in [7, 11) is 1.37. The fraction of sp³-hybridized carbons (Fsp3) is 0.158. The molecule has 6 heteroatoms. The highest BCUT2D eigenvalue weighted by atomic mass is 32.1. The van der Waals surface area contributed by atoms with E-state index in [1.807, 2.05) is 41.3 Å². The van der Waals surface area contributed by atoms with Gasteiger partial charge in [0.25, 0.3) is 0 Å². The normalized spacial score (nSPS) is 9.96. The summed E-state index contributed by atoms with van der Waals surface area (Å²) in [5.74, 6) is -0.400. The van der Waals surface area contributed by atoms with Gasteiger partial charge in [0.05, 0.1) is 12.7 Å². The van der Waals surface area contributed by atoms with E-state index in [0.29, 0.717) is 28.8 Å². The molecule has 4 nitrogen and oxygen atoms in total. The lowest BCUT2D eigenvalue weighted by Crippen LogP contribution is -2.35. The number of anilines is 1. The van der Waals surface area contributed by atoms with Crippen LogP contribution in [0.1, 0.15) is 10.4 Å². The van der Waals surface area contributed by atoms with Gasteiger partial charge in [-0.2, -0.15) is 0 Å². The zero-order valence-electron chi connectivity index (χ0n) is 14.0. The Labute approximate surface area is 157 Å². The van der Waals surface area contributed by atoms with Crippen molar-refractivity contribution in [2.45, 2.75) is 0 Å². The van der Waals surface area contributed by atoms with Crippen molar-refractivity contribution in [3.8, 4) is 10.4 Å². The number of thiocarbonyl (C=S) groups is 1. The van der Waals surface area contributed by atoms with Crippen molar-refractivity contribution in [3.05, 3.63) is 67.3 Å². The van der Waals surface area contributed by atoms with Gasteiger partial charge in [0, 0.05) is 18.0 Å². The number of esters is 1. The first-order valence-corrected chi connectivity index (χ1v) is 8.88. The lowest BCUT2D eigenvalue weighted by Gasteiger charge is -2.22. The van der Waals surface area contributed by atoms with Crippen LogP contribution in [-0.4, -0.2) is 36.2 Å². The molecule has 130 valence electrons. The van der Waals surface area contributed by atoms with E-state index in [9.17, 15) is 4.79 Å². The lowest BCUT2D eigenvalue weighted by molar-refractivity contribution is 0.0602. The summed E-state index contributed by atoms with van der Waals surface area (Å²) >= 11 is 6.93. The third kappa shape index (κ3) is 4.78. The van der Waals surface area contributed by atoms with Crippen LogP contribution in [0.25, 0.3) is 10.4 Å². The van der Waals surface area contributed by atoms with Gasteiger partial charge in [0.15, 0.2) is 5.11 Å². The van der Waals surface area contributed by atoms with Crippen molar-refractivity contribution in [1.29, 1.82) is 0 Å². The maximum absolute atomic E-state index is 12.1. The fourth-order valence-corrected chi connectivity index (χ4v) is 3.58. The number of carbonyl (C=O) groups excluding carboxylic acids is 1. The number of methoxy groups -OCH3 is 1. The number of nitrogens with one attached hydrogen (secondary N) is 1. The van der Waals surface area contributed by atoms with Crippen LogP contribution >= 0.6 is 23.6 Å². The van der Waals surface area contributed by atoms with Gasteiger partial charge in [-0.15, -0.1) is 24.5 Å². The van der Waals surface area contributed by atoms with Crippen LogP contribution in [0.4, 0.5) is 5.00 Å². The van der Waals surface area contributed by atoms with E-state index in [1.54, 1.807) is 12.2 Å². The Kier molecular flexibility index (Phi) is 6.91. The second kappa shape index (κ2) is 9.15. The van der Waals surface area contributed by atoms with Gasteiger partial charge in [-0.25, -0.2) is 4.79 Å². The minimum absolute atomic E-state index is 0.400. The van der Waals surface area contributed by atoms with Crippen LogP contribution in [-0.2, 0) is 4.74 Å². The van der Waals surface area contributed by atoms with E-state index in [4.69, 9.17) is 17.0 Å². The minimum Gasteiger partial charge on any atom is -0.465 e. The molecule has 0 fully saturated rings. The van der Waals surface area contributed by atoms with E-state index in [1.165, 1.54) is 18.4 Å². The maximum atomic E-state index is 12.1. The molecule has 0 saturated carbocycles. The van der Waals surface area contributed by atoms with Crippen LogP contribution in [0.5, 0.6) is 0 Å². The molecule has 0 unspecified atom stereocenters. The minimum atomic E-state index is -0.400. The predicted octanol–water partition coefficient (Wildman–Crippen LogP) is 4.57. The van der Waals surface area contributed by atoms with Gasteiger partial charge >= 0.3 is 5.97 Å². The Morgan fingerprint density at radius 2 is 1.92 bits per heavy atom. The SMILES string of the molecule is C=CCN(CC=C)C(=S)Nc1sc(-c2ccccc2)cc1C(=O)OC. The van der Waals surface area contributed by atoms with Gasteiger partial charge in [-0.05, 0) is 23.8 Å². The molecular formula is C19H20N2O2S2. The Morgan fingerprint density at radius 3 is 2.48 bits per heavy atom. The molecule has 1 N–H and O–H groups in total. The van der Waals surface area contributed by atoms with Crippen molar-refractivity contribution in [3.63, 3.8) is 0 Å². The molecule has 0 amide bonds. The number of thiophene rings is 1. The highest BCUT2D eigenvalue weighted by Gasteiger charge is 2.19. The Morgan fingerprint density at radius 1 is 1.28 bits per heavy atom. The van der Waals surface area contributed by atoms with E-state index in [2.05, 4.69) is 18.5 Å². The molecule has 0 aliphatic rings. The van der Waals surface area contributed by atoms with Gasteiger partial charge in [-0.1, -0.05) is 42.5 Å². The average molecular weight is 373 g/mol. The smallest absolute Gasteiger partial charge is 0.340 e. The number of nitrogens with zero attached hydrogens (tertiary/aromatic N) is 1. The fourth-order valence-electron chi connectivity index (χ4n) is 2.22. The third-order valence-corrected chi connectivity index (χ3v) is 4.86. The first-order chi connectivity index (χ1) is 12.1. The zero-order chi connectivity index (χ0) is 18.2. The summed E-state index contributed by atoms with van der Waals surface area (Å²) < 4.78 is 4.90. The first-order valence-electron chi connectivity index (χ1n) is 7.66. The summed E-state index contributed by atoms with van der Waals surface area (Å²) in [4.78, 5) is 15.0. The average Bonchev–Trinajstić information content (AvgIpc) is 3.05. The molecule has 25 heavy (non-hydrogen) atoms. The summed E-state index contributed by atoms with van der Waals surface area (Å²) in [6.45, 7) is 8.65. The van der Waals surface area contributed by atoms with E-state index >= 15 is 0 Å². The van der Waals surface area contributed by atoms with Crippen molar-refractivity contribution in [2.75, 3.05) is 25.5 Å². The van der Waals surface area contributed by atoms with E-state index < -0.39 is 5.97 Å². The summed E-state index contributed by atoms with van der Waals surface area (Å²) in [5.41, 5.74) is 1.50. The second-order valence-electron chi connectivity index (χ2n) is 5.12. The highest BCUT2D eigenvalue weighted by molar-refractivity contribution is 7.80. The number of benzene rings is 1. The quantitative estimate of drug-likeness (QED) is 0.438. The maximum Gasteiger partial charge on any atom is 0.340 e. The number of rotatable bonds is 7. The monoisotopic (exact) mass is 372 g/mol. The van der Waals surface area contributed by atoms with Gasteiger partial charge < -0.3 is 15.0 Å². The van der Waals surface area contributed by atoms with Crippen molar-refractivity contribution in [2.24, 2.45) is 0 Å². The zero-order valence-corrected chi connectivity index (χ0v) is 15.7. The highest BCUT2D eigenvalue weighted by Crippen LogP contribution is 2.36. The standard InChI is InChI=1S/C19H20N2O2S2/c1-4-11-21(12-5-2)19(24)20-17-15(18(22)23-3)13-16(25-17)14-9-7-6-8-10-14/h4-10,13H,1-2,11-12H2,3H3,(H,20,24). The van der Waals surface area contributed by atoms with Crippen LogP contribution in [0.2, 0.25) is 0 Å². The predicted molar refractivity (Wildman–Crippen MR) is 109 cm³/mol. The Hall–Kier alpha value is -2.44. The van der Waals surface area contributed by atoms with Crippen molar-refractivity contribution < 1.29 is 9.53 Å². The summed E-state index contributed by atoms with van der Waals surface area (Å²) in [6, 6.07) is 11.7. The molecule has 0 spiro atoms. The summed E-state index contributed by atoms with van der Waals surface area (Å²) in [5, 5.41) is 4.33. The van der Waals surface area contributed by atoms with Gasteiger partial charge in [-0.3, -0.25) is 0 Å². The number of carbonyl (C=O) groups is 1. The molecule has 0 radical (unpaired) electrons. The molecule has 2 rings (SSSR count). The molecule has 0 atom stereocenters. The largest absolute Gasteiger partial charge is 0.465 e. The molecule has 1 aromatic carbocycles. The third-order valence-electron chi connectivity index (χ3n) is 3.40. The van der Waals surface area contributed by atoms with Crippen LogP contribution < -0.4 is 5.32 Å². The van der Waals surface area contributed by atoms with E-state index in [-0.39, 0.29) is 0 Å². The van der Waals surface area contributed by atoms with Crippen LogP contribution in [0.15, 0.2) is 61.7 Å². The molecule has 0 aliphatic carbocycles. The topological polar surface area (TPSA) is 41.6 Å². The van der Waals surface area contributed by atoms with Crippen LogP contribution in [0, 0.1) is 0 Å². The van der Waals surface area contributed by atoms with E-state index in [0.717, 1.165) is 10.4 Å². The molecule has 1 heterocycles. The summed E-state index contributed by atoms with van der Waals surface area (Å²) in [6.07, 6.45) is 3.53. The van der Waals surface area contributed by atoms with Crippen molar-refractivity contribution in [1.82, 2.24) is 4.90 Å². The van der Waals surface area contributed by atoms with Gasteiger partial charge in [0.1, 0.15) is 5.00 Å². The van der Waals surface area contributed by atoms with Crippen LogP contribution in [0.3, 0.4) is 0 Å². The second-order valence-corrected chi connectivity index (χ2v) is 6.56. The molecule has 0 saturated heterocycles. The van der Waals surface area contributed by atoms with Crippen molar-refractivity contribution >= 4 is 39.6 Å². The number of hydrogen-bond acceptors (Lipinski definition) is 4. The molecule has 0 bridgehead atoms. The Bertz CT molecular complexity index is 759. The first kappa shape index (κ1) is 18.9. The number of ether oxygens (including phenoxy) is 1. The lowest BCUT2D eigenvalue weighted by atomic mass is 10.1.